The third kappa shape index (κ3) is 4.65. The number of sulfone groups is 1. The van der Waals surface area contributed by atoms with Gasteiger partial charge in [-0.2, -0.15) is 0 Å². The molecule has 2 heterocycles. The number of nitrogens with one attached hydrogen (secondary N) is 1. The van der Waals surface area contributed by atoms with E-state index in [1.165, 1.54) is 17.7 Å². The number of ether oxygens (including phenoxy) is 1. The van der Waals surface area contributed by atoms with Crippen molar-refractivity contribution >= 4 is 43.2 Å². The third-order valence-corrected chi connectivity index (χ3v) is 5.72. The Balaban J connectivity index is 2.00. The normalized spacial score (nSPS) is 12.5. The molecule has 0 radical (unpaired) electrons. The van der Waals surface area contributed by atoms with E-state index >= 15 is 0 Å². The summed E-state index contributed by atoms with van der Waals surface area (Å²) in [6.45, 7) is 0. The first kappa shape index (κ1) is 21.0. The lowest BCUT2D eigenvalue weighted by atomic mass is 10.0. The van der Waals surface area contributed by atoms with E-state index < -0.39 is 27.8 Å². The van der Waals surface area contributed by atoms with Crippen molar-refractivity contribution in [1.29, 1.82) is 0 Å². The molecule has 10 heteroatoms. The van der Waals surface area contributed by atoms with E-state index in [1.807, 2.05) is 0 Å². The number of benzene rings is 1. The minimum absolute atomic E-state index is 0.0435. The maximum absolute atomic E-state index is 13.0. The number of methoxy groups -OCH3 is 1. The molecule has 29 heavy (non-hydrogen) atoms. The van der Waals surface area contributed by atoms with Gasteiger partial charge in [0.15, 0.2) is 5.69 Å². The first-order chi connectivity index (χ1) is 13.7. The summed E-state index contributed by atoms with van der Waals surface area (Å²) in [6, 6.07) is 11.4. The molecule has 0 saturated heterocycles. The van der Waals surface area contributed by atoms with Crippen molar-refractivity contribution in [3.63, 3.8) is 0 Å². The maximum atomic E-state index is 13.0. The molecule has 1 N–H and O–H groups in total. The Bertz CT molecular complexity index is 1170. The molecule has 3 rings (SSSR count). The van der Waals surface area contributed by atoms with E-state index in [-0.39, 0.29) is 17.3 Å². The molecule has 2 aromatic heterocycles. The third-order valence-electron chi connectivity index (χ3n) is 4.24. The molecule has 8 nitrogen and oxygen atoms in total. The standard InChI is InChI=1S/C19H18BrN3O5S/c1-28-16(24)11-14(12-6-8-13(20)9-7-12)21-18(25)17-15-5-3-4-10-23(15)19(22-17)29(2,26)27/h3-10,14H,11H2,1-2H3,(H,21,25). The molecule has 0 bridgehead atoms. The number of hydrogen-bond acceptors (Lipinski definition) is 6. The van der Waals surface area contributed by atoms with Crippen molar-refractivity contribution in [3.8, 4) is 0 Å². The summed E-state index contributed by atoms with van der Waals surface area (Å²) >= 11 is 3.35. The van der Waals surface area contributed by atoms with Crippen molar-refractivity contribution in [2.75, 3.05) is 13.4 Å². The van der Waals surface area contributed by atoms with E-state index in [2.05, 4.69) is 26.2 Å². The molecule has 152 valence electrons. The van der Waals surface area contributed by atoms with Crippen molar-refractivity contribution in [1.82, 2.24) is 14.7 Å². The fourth-order valence-electron chi connectivity index (χ4n) is 2.86. The summed E-state index contributed by atoms with van der Waals surface area (Å²) in [7, 11) is -2.39. The topological polar surface area (TPSA) is 107 Å². The zero-order chi connectivity index (χ0) is 21.2. The Kier molecular flexibility index (Phi) is 6.04. The van der Waals surface area contributed by atoms with Crippen molar-refractivity contribution in [2.45, 2.75) is 17.6 Å². The molecule has 0 spiro atoms. The molecular weight excluding hydrogens is 462 g/mol. The summed E-state index contributed by atoms with van der Waals surface area (Å²) in [5.74, 6) is -1.09. The predicted octanol–water partition coefficient (Wildman–Crippen LogP) is 2.53. The van der Waals surface area contributed by atoms with Gasteiger partial charge < -0.3 is 10.1 Å². The molecule has 0 aliphatic rings. The summed E-state index contributed by atoms with van der Waals surface area (Å²) in [5, 5.41) is 2.54. The number of amides is 1. The van der Waals surface area contributed by atoms with Gasteiger partial charge in [0, 0.05) is 16.9 Å². The highest BCUT2D eigenvalue weighted by molar-refractivity contribution is 9.10. The zero-order valence-electron chi connectivity index (χ0n) is 15.6. The Morgan fingerprint density at radius 1 is 1.21 bits per heavy atom. The molecular formula is C19H18BrN3O5S. The average Bonchev–Trinajstić information content (AvgIpc) is 3.08. The van der Waals surface area contributed by atoms with Crippen molar-refractivity contribution < 1.29 is 22.7 Å². The van der Waals surface area contributed by atoms with Gasteiger partial charge >= 0.3 is 5.97 Å². The SMILES string of the molecule is COC(=O)CC(NC(=O)c1nc(S(C)(=O)=O)n2ccccc12)c1ccc(Br)cc1. The molecule has 0 aliphatic carbocycles. The molecule has 1 amide bonds. The Morgan fingerprint density at radius 3 is 2.52 bits per heavy atom. The summed E-state index contributed by atoms with van der Waals surface area (Å²) in [4.78, 5) is 28.9. The molecule has 0 saturated carbocycles. The van der Waals surface area contributed by atoms with Crippen LogP contribution in [-0.2, 0) is 19.4 Å². The van der Waals surface area contributed by atoms with Crippen LogP contribution in [0.5, 0.6) is 0 Å². The van der Waals surface area contributed by atoms with Gasteiger partial charge in [0.1, 0.15) is 0 Å². The van der Waals surface area contributed by atoms with Crippen LogP contribution in [0.3, 0.4) is 0 Å². The van der Waals surface area contributed by atoms with Crippen LogP contribution in [0.15, 0.2) is 58.3 Å². The van der Waals surface area contributed by atoms with Crippen molar-refractivity contribution in [3.05, 3.63) is 64.4 Å². The first-order valence-electron chi connectivity index (χ1n) is 8.51. The first-order valence-corrected chi connectivity index (χ1v) is 11.2. The van der Waals surface area contributed by atoms with Crippen LogP contribution in [0.1, 0.15) is 28.5 Å². The molecule has 1 aromatic carbocycles. The van der Waals surface area contributed by atoms with Crippen LogP contribution < -0.4 is 5.32 Å². The summed E-state index contributed by atoms with van der Waals surface area (Å²) < 4.78 is 31.1. The number of halogens is 1. The number of esters is 1. The smallest absolute Gasteiger partial charge is 0.307 e. The average molecular weight is 480 g/mol. The second kappa shape index (κ2) is 8.34. The van der Waals surface area contributed by atoms with Gasteiger partial charge in [-0.15, -0.1) is 0 Å². The monoisotopic (exact) mass is 479 g/mol. The van der Waals surface area contributed by atoms with Crippen molar-refractivity contribution in [2.24, 2.45) is 0 Å². The largest absolute Gasteiger partial charge is 0.469 e. The fraction of sp³-hybridized carbons (Fsp3) is 0.211. The lowest BCUT2D eigenvalue weighted by molar-refractivity contribution is -0.141. The van der Waals surface area contributed by atoms with E-state index in [0.717, 1.165) is 10.7 Å². The van der Waals surface area contributed by atoms with E-state index in [0.29, 0.717) is 11.1 Å². The zero-order valence-corrected chi connectivity index (χ0v) is 18.0. The maximum Gasteiger partial charge on any atom is 0.307 e. The number of carbonyl (C=O) groups excluding carboxylic acids is 2. The highest BCUT2D eigenvalue weighted by atomic mass is 79.9. The lowest BCUT2D eigenvalue weighted by Gasteiger charge is -2.18. The molecule has 1 atom stereocenters. The van der Waals surface area contributed by atoms with E-state index in [4.69, 9.17) is 4.74 Å². The van der Waals surface area contributed by atoms with Crippen LogP contribution >= 0.6 is 15.9 Å². The summed E-state index contributed by atoms with van der Waals surface area (Å²) in [5.41, 5.74) is 0.995. The number of pyridine rings is 1. The predicted molar refractivity (Wildman–Crippen MR) is 109 cm³/mol. The number of carbonyl (C=O) groups is 2. The number of hydrogen-bond donors (Lipinski definition) is 1. The number of nitrogens with zero attached hydrogens (tertiary/aromatic N) is 2. The van der Waals surface area contributed by atoms with Crippen LogP contribution in [0.2, 0.25) is 0 Å². The Morgan fingerprint density at radius 2 is 1.90 bits per heavy atom. The Hall–Kier alpha value is -2.72. The Labute approximate surface area is 175 Å². The second-order valence-electron chi connectivity index (χ2n) is 6.33. The molecule has 0 aliphatic heterocycles. The quantitative estimate of drug-likeness (QED) is 0.544. The minimum atomic E-state index is -3.66. The van der Waals surface area contributed by atoms with Gasteiger partial charge in [-0.3, -0.25) is 14.0 Å². The highest BCUT2D eigenvalue weighted by Crippen LogP contribution is 2.22. The summed E-state index contributed by atoms with van der Waals surface area (Å²) in [6.07, 6.45) is 2.46. The number of rotatable bonds is 6. The van der Waals surface area contributed by atoms with Gasteiger partial charge in [0.25, 0.3) is 5.91 Å². The minimum Gasteiger partial charge on any atom is -0.469 e. The number of fused-ring (bicyclic) bond motifs is 1. The number of aromatic nitrogens is 2. The van der Waals surface area contributed by atoms with Crippen LogP contribution in [-0.4, -0.2) is 43.0 Å². The van der Waals surface area contributed by atoms with Gasteiger partial charge in [-0.25, -0.2) is 13.4 Å². The molecule has 0 fully saturated rings. The van der Waals surface area contributed by atoms with Crippen LogP contribution in [0, 0.1) is 0 Å². The van der Waals surface area contributed by atoms with E-state index in [9.17, 15) is 18.0 Å². The lowest BCUT2D eigenvalue weighted by Crippen LogP contribution is -2.31. The number of imidazole rings is 1. The van der Waals surface area contributed by atoms with E-state index in [1.54, 1.807) is 42.5 Å². The van der Waals surface area contributed by atoms with Crippen LogP contribution in [0.4, 0.5) is 0 Å². The molecule has 1 unspecified atom stereocenters. The fourth-order valence-corrected chi connectivity index (χ4v) is 3.90. The van der Waals surface area contributed by atoms with Gasteiger partial charge in [0.2, 0.25) is 15.0 Å². The highest BCUT2D eigenvalue weighted by Gasteiger charge is 2.26. The molecule has 3 aromatic rings. The van der Waals surface area contributed by atoms with Crippen LogP contribution in [0.25, 0.3) is 5.52 Å². The van der Waals surface area contributed by atoms with Gasteiger partial charge in [0.05, 0.1) is 25.1 Å². The van der Waals surface area contributed by atoms with Gasteiger partial charge in [-0.05, 0) is 29.8 Å². The second-order valence-corrected chi connectivity index (χ2v) is 9.15. The van der Waals surface area contributed by atoms with Gasteiger partial charge in [-0.1, -0.05) is 34.1 Å².